The third-order valence-electron chi connectivity index (χ3n) is 5.50. The van der Waals surface area contributed by atoms with E-state index in [1.54, 1.807) is 12.1 Å². The van der Waals surface area contributed by atoms with Gasteiger partial charge in [-0.3, -0.25) is 14.3 Å². The highest BCUT2D eigenvalue weighted by molar-refractivity contribution is 7.99. The molecule has 2 aromatic carbocycles. The van der Waals surface area contributed by atoms with Crippen LogP contribution in [0.5, 0.6) is 11.5 Å². The second-order valence-electron chi connectivity index (χ2n) is 7.98. The second-order valence-corrected chi connectivity index (χ2v) is 8.93. The third kappa shape index (κ3) is 5.12. The van der Waals surface area contributed by atoms with E-state index >= 15 is 0 Å². The van der Waals surface area contributed by atoms with Crippen molar-refractivity contribution in [2.24, 2.45) is 0 Å². The quantitative estimate of drug-likeness (QED) is 0.502. The van der Waals surface area contributed by atoms with E-state index in [1.807, 2.05) is 55.6 Å². The van der Waals surface area contributed by atoms with Crippen molar-refractivity contribution in [3.8, 4) is 17.2 Å². The summed E-state index contributed by atoms with van der Waals surface area (Å²) in [5.74, 6) is 1.79. The topological polar surface area (TPSA) is 81.5 Å². The average Bonchev–Trinajstić information content (AvgIpc) is 3.44. The minimum absolute atomic E-state index is 0.0308. The fourth-order valence-corrected chi connectivity index (χ4v) is 4.16. The lowest BCUT2D eigenvalue weighted by Gasteiger charge is -2.20. The summed E-state index contributed by atoms with van der Waals surface area (Å²) in [4.78, 5) is 14.7. The van der Waals surface area contributed by atoms with Crippen molar-refractivity contribution in [3.63, 3.8) is 0 Å². The molecule has 0 unspecified atom stereocenters. The molecule has 4 rings (SSSR count). The molecule has 0 fully saturated rings. The number of nitrogens with one attached hydrogen (secondary N) is 1. The first-order valence-corrected chi connectivity index (χ1v) is 11.5. The van der Waals surface area contributed by atoms with Crippen molar-refractivity contribution >= 4 is 17.7 Å². The number of nitrogens with zero attached hydrogens (tertiary/aromatic N) is 4. The highest BCUT2D eigenvalue weighted by Gasteiger charge is 2.22. The maximum Gasteiger partial charge on any atom is 0.231 e. The number of ether oxygens (including phenoxy) is 2. The number of carbonyl (C=O) groups excluding carboxylic acids is 1. The van der Waals surface area contributed by atoms with Gasteiger partial charge in [0.1, 0.15) is 5.82 Å². The highest BCUT2D eigenvalue weighted by atomic mass is 32.2. The number of hydrogen-bond acceptors (Lipinski definition) is 7. The molecule has 174 valence electrons. The lowest BCUT2D eigenvalue weighted by molar-refractivity contribution is -0.119. The molecule has 2 heterocycles. The van der Waals surface area contributed by atoms with Gasteiger partial charge in [0, 0.05) is 5.69 Å². The molecule has 3 aromatic rings. The van der Waals surface area contributed by atoms with Crippen LogP contribution in [0.3, 0.4) is 0 Å². The summed E-state index contributed by atoms with van der Waals surface area (Å²) in [7, 11) is 3.90. The van der Waals surface area contributed by atoms with Crippen LogP contribution in [-0.4, -0.2) is 52.2 Å². The van der Waals surface area contributed by atoms with E-state index in [-0.39, 0.29) is 36.4 Å². The molecule has 0 saturated heterocycles. The monoisotopic (exact) mass is 471 g/mol. The number of halogens is 1. The summed E-state index contributed by atoms with van der Waals surface area (Å²) in [6.45, 7) is 4.13. The number of benzene rings is 2. The zero-order valence-corrected chi connectivity index (χ0v) is 19.7. The molecule has 1 aliphatic heterocycles. The van der Waals surface area contributed by atoms with Gasteiger partial charge in [-0.1, -0.05) is 17.8 Å². The van der Waals surface area contributed by atoms with Crippen LogP contribution in [0.4, 0.5) is 4.39 Å². The Hall–Kier alpha value is -3.11. The maximum atomic E-state index is 13.5. The van der Waals surface area contributed by atoms with Crippen LogP contribution in [0.1, 0.15) is 37.3 Å². The SMILES string of the molecule is C[C@H](c1nnc(SCC(=O)N[C@H](C)c2ccc3c(c2)OCO3)n1-c1ccc(F)cc1)N(C)C. The summed E-state index contributed by atoms with van der Waals surface area (Å²) in [5, 5.41) is 12.2. The molecule has 8 nitrogen and oxygen atoms in total. The van der Waals surface area contributed by atoms with Crippen molar-refractivity contribution in [2.75, 3.05) is 26.6 Å². The van der Waals surface area contributed by atoms with Gasteiger partial charge in [0.2, 0.25) is 12.7 Å². The summed E-state index contributed by atoms with van der Waals surface area (Å²) in [6, 6.07) is 11.5. The molecule has 0 bridgehead atoms. The maximum absolute atomic E-state index is 13.5. The molecule has 1 aliphatic rings. The lowest BCUT2D eigenvalue weighted by Crippen LogP contribution is -2.28. The molecule has 0 radical (unpaired) electrons. The average molecular weight is 472 g/mol. The van der Waals surface area contributed by atoms with Crippen molar-refractivity contribution in [1.82, 2.24) is 25.0 Å². The number of aromatic nitrogens is 3. The first kappa shape index (κ1) is 23.1. The third-order valence-corrected chi connectivity index (χ3v) is 6.43. The van der Waals surface area contributed by atoms with Crippen LogP contribution in [0.15, 0.2) is 47.6 Å². The van der Waals surface area contributed by atoms with Gasteiger partial charge in [-0.2, -0.15) is 0 Å². The van der Waals surface area contributed by atoms with Gasteiger partial charge in [-0.25, -0.2) is 4.39 Å². The van der Waals surface area contributed by atoms with Gasteiger partial charge in [0.25, 0.3) is 0 Å². The predicted octanol–water partition coefficient (Wildman–Crippen LogP) is 3.73. The van der Waals surface area contributed by atoms with Crippen molar-refractivity contribution in [2.45, 2.75) is 31.1 Å². The van der Waals surface area contributed by atoms with Gasteiger partial charge in [-0.05, 0) is 69.9 Å². The predicted molar refractivity (Wildman–Crippen MR) is 123 cm³/mol. The number of hydrogen-bond donors (Lipinski definition) is 1. The van der Waals surface area contributed by atoms with E-state index < -0.39 is 0 Å². The molecule has 0 spiro atoms. The van der Waals surface area contributed by atoms with E-state index in [0.717, 1.165) is 11.3 Å². The Bertz CT molecular complexity index is 1140. The minimum atomic E-state index is -0.319. The van der Waals surface area contributed by atoms with Crippen LogP contribution >= 0.6 is 11.8 Å². The van der Waals surface area contributed by atoms with Crippen molar-refractivity contribution < 1.29 is 18.7 Å². The second kappa shape index (κ2) is 9.80. The largest absolute Gasteiger partial charge is 0.454 e. The van der Waals surface area contributed by atoms with E-state index in [2.05, 4.69) is 15.5 Å². The van der Waals surface area contributed by atoms with E-state index in [9.17, 15) is 9.18 Å². The number of carbonyl (C=O) groups is 1. The Morgan fingerprint density at radius 2 is 1.88 bits per heavy atom. The van der Waals surface area contributed by atoms with Crippen LogP contribution in [0, 0.1) is 5.82 Å². The normalized spacial score (nSPS) is 14.4. The Morgan fingerprint density at radius 3 is 2.61 bits per heavy atom. The fourth-order valence-electron chi connectivity index (χ4n) is 3.39. The molecule has 0 saturated carbocycles. The van der Waals surface area contributed by atoms with Gasteiger partial charge < -0.3 is 14.8 Å². The zero-order valence-electron chi connectivity index (χ0n) is 18.9. The number of thioether (sulfide) groups is 1. The highest BCUT2D eigenvalue weighted by Crippen LogP contribution is 2.34. The molecule has 0 aliphatic carbocycles. The first-order chi connectivity index (χ1) is 15.8. The van der Waals surface area contributed by atoms with Crippen LogP contribution < -0.4 is 14.8 Å². The minimum Gasteiger partial charge on any atom is -0.454 e. The first-order valence-electron chi connectivity index (χ1n) is 10.5. The molecule has 10 heteroatoms. The Morgan fingerprint density at radius 1 is 1.15 bits per heavy atom. The van der Waals surface area contributed by atoms with E-state index in [1.165, 1.54) is 23.9 Å². The summed E-state index contributed by atoms with van der Waals surface area (Å²) in [6.07, 6.45) is 0. The molecule has 33 heavy (non-hydrogen) atoms. The standard InChI is InChI=1S/C23H26FN5O3S/c1-14(16-5-10-19-20(11-16)32-13-31-19)25-21(30)12-33-23-27-26-22(15(2)28(3)4)29(23)18-8-6-17(24)7-9-18/h5-11,14-15H,12-13H2,1-4H3,(H,25,30)/t14-,15-/m1/s1. The molecule has 1 aromatic heterocycles. The van der Waals surface area contributed by atoms with Crippen LogP contribution in [0.25, 0.3) is 5.69 Å². The molecule has 1 N–H and O–H groups in total. The summed E-state index contributed by atoms with van der Waals surface area (Å²) in [5.41, 5.74) is 1.66. The fraction of sp³-hybridized carbons (Fsp3) is 0.348. The van der Waals surface area contributed by atoms with Gasteiger partial charge in [-0.15, -0.1) is 10.2 Å². The van der Waals surface area contributed by atoms with Gasteiger partial charge in [0.15, 0.2) is 22.5 Å². The number of fused-ring (bicyclic) bond motifs is 1. The van der Waals surface area contributed by atoms with Gasteiger partial charge >= 0.3 is 0 Å². The summed E-state index contributed by atoms with van der Waals surface area (Å²) >= 11 is 1.28. The molecule has 2 atom stereocenters. The Kier molecular flexibility index (Phi) is 6.85. The Balaban J connectivity index is 1.47. The van der Waals surface area contributed by atoms with Crippen molar-refractivity contribution in [1.29, 1.82) is 0 Å². The number of amides is 1. The van der Waals surface area contributed by atoms with Crippen LogP contribution in [-0.2, 0) is 4.79 Å². The lowest BCUT2D eigenvalue weighted by atomic mass is 10.1. The van der Waals surface area contributed by atoms with Crippen molar-refractivity contribution in [3.05, 3.63) is 59.7 Å². The zero-order chi connectivity index (χ0) is 23.5. The van der Waals surface area contributed by atoms with Gasteiger partial charge in [0.05, 0.1) is 17.8 Å². The summed E-state index contributed by atoms with van der Waals surface area (Å²) < 4.78 is 26.1. The van der Waals surface area contributed by atoms with E-state index in [0.29, 0.717) is 22.5 Å². The Labute approximate surface area is 196 Å². The van der Waals surface area contributed by atoms with E-state index in [4.69, 9.17) is 9.47 Å². The molecular weight excluding hydrogens is 445 g/mol. The van der Waals surface area contributed by atoms with Crippen LogP contribution in [0.2, 0.25) is 0 Å². The molecular formula is C23H26FN5O3S. The molecule has 1 amide bonds. The number of rotatable bonds is 8. The smallest absolute Gasteiger partial charge is 0.231 e.